The lowest BCUT2D eigenvalue weighted by Crippen LogP contribution is -2.32. The summed E-state index contributed by atoms with van der Waals surface area (Å²) in [5, 5.41) is 0. The number of hydrogen-bond acceptors (Lipinski definition) is 3. The molecule has 1 fully saturated rings. The quantitative estimate of drug-likeness (QED) is 0.928. The van der Waals surface area contributed by atoms with E-state index in [-0.39, 0.29) is 17.2 Å². The van der Waals surface area contributed by atoms with E-state index in [0.717, 1.165) is 18.4 Å². The fourth-order valence-electron chi connectivity index (χ4n) is 2.45. The largest absolute Gasteiger partial charge is 0.492 e. The van der Waals surface area contributed by atoms with Gasteiger partial charge in [0.15, 0.2) is 17.3 Å². The Hall–Kier alpha value is -0.810. The van der Waals surface area contributed by atoms with Crippen molar-refractivity contribution in [3.63, 3.8) is 0 Å². The first-order valence-electron chi connectivity index (χ1n) is 5.84. The fraction of sp³-hybridized carbons (Fsp3) is 0.538. The van der Waals surface area contributed by atoms with Crippen molar-refractivity contribution in [3.8, 4) is 11.5 Å². The van der Waals surface area contributed by atoms with E-state index >= 15 is 0 Å². The molecule has 1 atom stereocenters. The molecule has 100 valence electrons. The van der Waals surface area contributed by atoms with Gasteiger partial charge in [-0.05, 0) is 41.8 Å². The molecule has 1 aliphatic rings. The zero-order valence-electron chi connectivity index (χ0n) is 10.7. The Balaban J connectivity index is 2.64. The molecule has 0 amide bonds. The van der Waals surface area contributed by atoms with Gasteiger partial charge in [-0.15, -0.1) is 0 Å². The Morgan fingerprint density at radius 1 is 1.33 bits per heavy atom. The van der Waals surface area contributed by atoms with Crippen molar-refractivity contribution in [3.05, 3.63) is 21.9 Å². The second-order valence-electron chi connectivity index (χ2n) is 4.73. The van der Waals surface area contributed by atoms with Crippen molar-refractivity contribution in [1.29, 1.82) is 0 Å². The van der Waals surface area contributed by atoms with Crippen LogP contribution in [-0.2, 0) is 5.41 Å². The number of nitrogens with two attached hydrogens (primary N) is 1. The standard InChI is InChI=1S/C13H17BrFNO2/c1-7(16)13(4-5-13)8-6-9(14)10(15)12(18-3)11(8)17-2/h6-7H,4-5,16H2,1-3H3. The lowest BCUT2D eigenvalue weighted by Gasteiger charge is -2.24. The second kappa shape index (κ2) is 4.70. The Bertz CT molecular complexity index is 473. The first-order valence-corrected chi connectivity index (χ1v) is 6.63. The molecule has 1 saturated carbocycles. The molecule has 0 spiro atoms. The van der Waals surface area contributed by atoms with Crippen LogP contribution in [0.25, 0.3) is 0 Å². The summed E-state index contributed by atoms with van der Waals surface area (Å²) in [6.07, 6.45) is 1.98. The molecule has 0 bridgehead atoms. The Labute approximate surface area is 115 Å². The molecule has 1 unspecified atom stereocenters. The van der Waals surface area contributed by atoms with Gasteiger partial charge in [0.2, 0.25) is 0 Å². The Morgan fingerprint density at radius 3 is 2.28 bits per heavy atom. The highest BCUT2D eigenvalue weighted by molar-refractivity contribution is 9.10. The monoisotopic (exact) mass is 317 g/mol. The molecule has 2 rings (SSSR count). The number of benzene rings is 1. The predicted octanol–water partition coefficient (Wildman–Crippen LogP) is 2.98. The molecule has 2 N–H and O–H groups in total. The van der Waals surface area contributed by atoms with E-state index in [4.69, 9.17) is 15.2 Å². The van der Waals surface area contributed by atoms with Gasteiger partial charge < -0.3 is 15.2 Å². The molecule has 1 aromatic carbocycles. The lowest BCUT2D eigenvalue weighted by molar-refractivity contribution is 0.329. The molecule has 0 saturated heterocycles. The van der Waals surface area contributed by atoms with Crippen LogP contribution in [0.3, 0.4) is 0 Å². The molecule has 18 heavy (non-hydrogen) atoms. The maximum absolute atomic E-state index is 14.0. The lowest BCUT2D eigenvalue weighted by atomic mass is 9.88. The summed E-state index contributed by atoms with van der Waals surface area (Å²) in [4.78, 5) is 0. The Morgan fingerprint density at radius 2 is 1.89 bits per heavy atom. The Kier molecular flexibility index (Phi) is 3.56. The van der Waals surface area contributed by atoms with Crippen molar-refractivity contribution in [1.82, 2.24) is 0 Å². The normalized spacial score (nSPS) is 18.3. The fourth-order valence-corrected chi connectivity index (χ4v) is 2.85. The van der Waals surface area contributed by atoms with Gasteiger partial charge in [0.05, 0.1) is 18.7 Å². The van der Waals surface area contributed by atoms with E-state index in [9.17, 15) is 4.39 Å². The molecule has 3 nitrogen and oxygen atoms in total. The number of hydrogen-bond donors (Lipinski definition) is 1. The van der Waals surface area contributed by atoms with Crippen LogP contribution < -0.4 is 15.2 Å². The number of methoxy groups -OCH3 is 2. The van der Waals surface area contributed by atoms with Gasteiger partial charge in [0.25, 0.3) is 0 Å². The third kappa shape index (κ3) is 1.89. The maximum atomic E-state index is 14.0. The van der Waals surface area contributed by atoms with E-state index in [0.29, 0.717) is 10.2 Å². The zero-order valence-corrected chi connectivity index (χ0v) is 12.3. The van der Waals surface area contributed by atoms with Crippen LogP contribution in [0.15, 0.2) is 10.5 Å². The summed E-state index contributed by atoms with van der Waals surface area (Å²) >= 11 is 3.22. The molecule has 0 radical (unpaired) electrons. The molecule has 1 aromatic rings. The van der Waals surface area contributed by atoms with Crippen LogP contribution in [0.4, 0.5) is 4.39 Å². The molecule has 0 heterocycles. The molecule has 0 aromatic heterocycles. The third-order valence-electron chi connectivity index (χ3n) is 3.74. The SMILES string of the molecule is COc1c(C2(C(C)N)CC2)cc(Br)c(F)c1OC. The van der Waals surface area contributed by atoms with Crippen LogP contribution in [-0.4, -0.2) is 20.3 Å². The van der Waals surface area contributed by atoms with E-state index < -0.39 is 5.82 Å². The smallest absolute Gasteiger partial charge is 0.198 e. The van der Waals surface area contributed by atoms with E-state index in [1.54, 1.807) is 6.07 Å². The summed E-state index contributed by atoms with van der Waals surface area (Å²) in [7, 11) is 2.95. The van der Waals surface area contributed by atoms with Crippen molar-refractivity contribution in [2.24, 2.45) is 5.73 Å². The van der Waals surface area contributed by atoms with Crippen LogP contribution in [0.5, 0.6) is 11.5 Å². The van der Waals surface area contributed by atoms with Gasteiger partial charge in [0, 0.05) is 17.0 Å². The highest BCUT2D eigenvalue weighted by Gasteiger charge is 2.50. The molecular formula is C13H17BrFNO2. The van der Waals surface area contributed by atoms with Crippen LogP contribution in [0.1, 0.15) is 25.3 Å². The average molecular weight is 318 g/mol. The van der Waals surface area contributed by atoms with Crippen LogP contribution >= 0.6 is 15.9 Å². The van der Waals surface area contributed by atoms with Gasteiger partial charge in [-0.3, -0.25) is 0 Å². The van der Waals surface area contributed by atoms with Gasteiger partial charge in [-0.25, -0.2) is 4.39 Å². The van der Waals surface area contributed by atoms with E-state index in [2.05, 4.69) is 15.9 Å². The minimum absolute atomic E-state index is 0.00605. The third-order valence-corrected chi connectivity index (χ3v) is 4.31. The van der Waals surface area contributed by atoms with Gasteiger partial charge in [0.1, 0.15) is 0 Å². The minimum atomic E-state index is -0.446. The minimum Gasteiger partial charge on any atom is -0.492 e. The highest BCUT2D eigenvalue weighted by atomic mass is 79.9. The van der Waals surface area contributed by atoms with Crippen molar-refractivity contribution in [2.45, 2.75) is 31.2 Å². The molecule has 5 heteroatoms. The first kappa shape index (κ1) is 13.6. The second-order valence-corrected chi connectivity index (χ2v) is 5.59. The van der Waals surface area contributed by atoms with E-state index in [1.165, 1.54) is 14.2 Å². The number of rotatable bonds is 4. The summed E-state index contributed by atoms with van der Waals surface area (Å²) in [5.41, 5.74) is 6.87. The summed E-state index contributed by atoms with van der Waals surface area (Å²) < 4.78 is 24.8. The topological polar surface area (TPSA) is 44.5 Å². The number of halogens is 2. The van der Waals surface area contributed by atoms with Gasteiger partial charge in [-0.2, -0.15) is 0 Å². The summed E-state index contributed by atoms with van der Waals surface area (Å²) in [6.45, 7) is 1.97. The summed E-state index contributed by atoms with van der Waals surface area (Å²) in [5.74, 6) is 0.139. The first-order chi connectivity index (χ1) is 8.47. The van der Waals surface area contributed by atoms with Gasteiger partial charge in [-0.1, -0.05) is 0 Å². The summed E-state index contributed by atoms with van der Waals surface area (Å²) in [6, 6.07) is 1.75. The highest BCUT2D eigenvalue weighted by Crippen LogP contribution is 2.56. The van der Waals surface area contributed by atoms with Crippen LogP contribution in [0.2, 0.25) is 0 Å². The molecular weight excluding hydrogens is 301 g/mol. The van der Waals surface area contributed by atoms with Crippen molar-refractivity contribution >= 4 is 15.9 Å². The van der Waals surface area contributed by atoms with Gasteiger partial charge >= 0.3 is 0 Å². The van der Waals surface area contributed by atoms with E-state index in [1.807, 2.05) is 6.92 Å². The predicted molar refractivity (Wildman–Crippen MR) is 71.8 cm³/mol. The van der Waals surface area contributed by atoms with Crippen molar-refractivity contribution < 1.29 is 13.9 Å². The molecule has 1 aliphatic carbocycles. The molecule has 0 aliphatic heterocycles. The average Bonchev–Trinajstić information content (AvgIpc) is 3.13. The van der Waals surface area contributed by atoms with Crippen molar-refractivity contribution in [2.75, 3.05) is 14.2 Å². The van der Waals surface area contributed by atoms with Crippen LogP contribution in [0, 0.1) is 5.82 Å². The zero-order chi connectivity index (χ0) is 13.5. The maximum Gasteiger partial charge on any atom is 0.198 e. The number of ether oxygens (including phenoxy) is 2.